The van der Waals surface area contributed by atoms with Crippen LogP contribution in [0.4, 0.5) is 0 Å². The van der Waals surface area contributed by atoms with Crippen molar-refractivity contribution in [3.05, 3.63) is 124 Å². The van der Waals surface area contributed by atoms with Crippen molar-refractivity contribution in [3.63, 3.8) is 0 Å². The molecule has 0 saturated carbocycles. The number of carbonyl (C=O) groups is 2. The smallest absolute Gasteiger partial charge is 0.279 e. The van der Waals surface area contributed by atoms with Crippen LogP contribution in [0.1, 0.15) is 55.8 Å². The molecule has 0 spiro atoms. The maximum Gasteiger partial charge on any atom is 0.279 e. The number of hydrogen-bond acceptors (Lipinski definition) is 10. The van der Waals surface area contributed by atoms with Crippen LogP contribution in [0.25, 0.3) is 11.1 Å². The van der Waals surface area contributed by atoms with E-state index < -0.39 is 54.1 Å². The Morgan fingerprint density at radius 3 is 1.16 bits per heavy atom. The molecule has 2 atom stereocenters. The van der Waals surface area contributed by atoms with Crippen LogP contribution in [-0.2, 0) is 29.7 Å². The Labute approximate surface area is 319 Å². The third-order valence-corrected chi connectivity index (χ3v) is 14.4. The Bertz CT molecular complexity index is 2260. The predicted octanol–water partition coefficient (Wildman–Crippen LogP) is 6.47. The van der Waals surface area contributed by atoms with Crippen molar-refractivity contribution in [1.82, 2.24) is 0 Å². The lowest BCUT2D eigenvalue weighted by atomic mass is 9.76. The summed E-state index contributed by atoms with van der Waals surface area (Å²) in [6.45, 7) is 0. The fourth-order valence-corrected chi connectivity index (χ4v) is 13.6. The summed E-state index contributed by atoms with van der Waals surface area (Å²) < 4.78 is 71.9. The number of hydrogen-bond donors (Lipinski definition) is 4. The summed E-state index contributed by atoms with van der Waals surface area (Å²) in [4.78, 5) is 26.2. The summed E-state index contributed by atoms with van der Waals surface area (Å²) in [6.07, 6.45) is -1.12. The average Bonchev–Trinajstić information content (AvgIpc) is 3.05. The normalized spacial score (nSPS) is 22.4. The van der Waals surface area contributed by atoms with Gasteiger partial charge in [0.2, 0.25) is 11.6 Å². The molecule has 4 aromatic rings. The van der Waals surface area contributed by atoms with Gasteiger partial charge in [-0.3, -0.25) is 18.7 Å². The number of nitrogens with zero attached hydrogens (tertiary/aromatic N) is 2. The minimum atomic E-state index is -5.02. The molecule has 258 valence electrons. The van der Waals surface area contributed by atoms with Crippen LogP contribution < -0.4 is 11.7 Å². The third-order valence-electron chi connectivity index (χ3n) is 8.99. The van der Waals surface area contributed by atoms with Crippen molar-refractivity contribution in [2.45, 2.75) is 22.3 Å². The lowest BCUT2D eigenvalue weighted by Crippen LogP contribution is -2.46. The van der Waals surface area contributed by atoms with E-state index in [9.17, 15) is 35.5 Å². The Balaban J connectivity index is 1.58. The van der Waals surface area contributed by atoms with Gasteiger partial charge in [-0.15, -0.1) is 0 Å². The second kappa shape index (κ2) is 12.8. The topological polar surface area (TPSA) is 220 Å². The number of ketones is 2. The number of hydrazone groups is 2. The van der Waals surface area contributed by atoms with E-state index in [1.165, 1.54) is 24.3 Å². The van der Waals surface area contributed by atoms with Crippen LogP contribution in [0.5, 0.6) is 0 Å². The Morgan fingerprint density at radius 1 is 0.580 bits per heavy atom. The van der Waals surface area contributed by atoms with Gasteiger partial charge in [0.05, 0.1) is 0 Å². The minimum Gasteiger partial charge on any atom is -0.323 e. The molecule has 2 aliphatic carbocycles. The summed E-state index contributed by atoms with van der Waals surface area (Å²) in [5, 5.41) is 7.12. The summed E-state index contributed by atoms with van der Waals surface area (Å²) >= 11 is 14.0. The molecular formula is C32H22Br4N4O8S2. The van der Waals surface area contributed by atoms with E-state index in [-0.39, 0.29) is 62.7 Å². The SMILES string of the molecule is NN=C1CC(c2c(Br)cc(-c3cc(Br)c(C4(S(=O)(=O)O)CC(=NN)C(=O)c5ccccc54)c(Br)c3)cc2Br)(S(=O)(=O)O)c2ccccc2C1=O. The van der Waals surface area contributed by atoms with E-state index in [2.05, 4.69) is 73.9 Å². The van der Waals surface area contributed by atoms with E-state index in [0.717, 1.165) is 0 Å². The molecule has 6 N–H and O–H groups in total. The highest BCUT2D eigenvalue weighted by Crippen LogP contribution is 2.53. The largest absolute Gasteiger partial charge is 0.323 e. The fraction of sp³-hybridized carbons (Fsp3) is 0.125. The number of rotatable bonds is 5. The molecule has 0 radical (unpaired) electrons. The number of carbonyl (C=O) groups excluding carboxylic acids is 2. The molecule has 12 nitrogen and oxygen atoms in total. The molecule has 0 aliphatic heterocycles. The van der Waals surface area contributed by atoms with E-state index in [4.69, 9.17) is 11.7 Å². The third kappa shape index (κ3) is 5.37. The summed E-state index contributed by atoms with van der Waals surface area (Å²) in [5.74, 6) is 9.91. The lowest BCUT2D eigenvalue weighted by Gasteiger charge is -2.38. The molecule has 0 saturated heterocycles. The average molecular weight is 974 g/mol. The maximum atomic E-state index is 13.4. The first-order valence-corrected chi connectivity index (χ1v) is 20.2. The molecular weight excluding hydrogens is 952 g/mol. The summed E-state index contributed by atoms with van der Waals surface area (Å²) in [6, 6.07) is 18.3. The molecule has 4 aromatic carbocycles. The van der Waals surface area contributed by atoms with Crippen LogP contribution in [0.3, 0.4) is 0 Å². The van der Waals surface area contributed by atoms with Gasteiger partial charge in [0, 0.05) is 53.0 Å². The van der Waals surface area contributed by atoms with E-state index in [1.54, 1.807) is 48.5 Å². The quantitative estimate of drug-likeness (QED) is 0.0971. The minimum absolute atomic E-state index is 0.00786. The Morgan fingerprint density at radius 2 is 0.880 bits per heavy atom. The highest BCUT2D eigenvalue weighted by molar-refractivity contribution is 9.11. The zero-order valence-corrected chi connectivity index (χ0v) is 33.0. The predicted molar refractivity (Wildman–Crippen MR) is 201 cm³/mol. The van der Waals surface area contributed by atoms with Crippen LogP contribution in [0.15, 0.2) is 101 Å². The molecule has 0 aromatic heterocycles. The second-order valence-corrected chi connectivity index (χ2v) is 18.2. The first-order chi connectivity index (χ1) is 23.4. The highest BCUT2D eigenvalue weighted by Gasteiger charge is 2.56. The number of nitrogens with two attached hydrogens (primary N) is 2. The number of fused-ring (bicyclic) bond motifs is 2. The monoisotopic (exact) mass is 970 g/mol. The van der Waals surface area contributed by atoms with Crippen molar-refractivity contribution >= 4 is 107 Å². The van der Waals surface area contributed by atoms with Crippen LogP contribution >= 0.6 is 63.7 Å². The second-order valence-electron chi connectivity index (χ2n) is 11.5. The zero-order chi connectivity index (χ0) is 36.6. The highest BCUT2D eigenvalue weighted by atomic mass is 79.9. The van der Waals surface area contributed by atoms with Crippen LogP contribution in [-0.4, -0.2) is 48.9 Å². The number of benzene rings is 4. The van der Waals surface area contributed by atoms with E-state index in [1.807, 2.05) is 0 Å². The van der Waals surface area contributed by atoms with Crippen molar-refractivity contribution < 1.29 is 35.5 Å². The van der Waals surface area contributed by atoms with Crippen LogP contribution in [0.2, 0.25) is 0 Å². The molecule has 0 amide bonds. The summed E-state index contributed by atoms with van der Waals surface area (Å²) in [7, 11) is -10.0. The van der Waals surface area contributed by atoms with E-state index >= 15 is 0 Å². The van der Waals surface area contributed by atoms with Gasteiger partial charge in [-0.05, 0) is 46.5 Å². The number of Topliss-reactive ketones (excluding diaryl/α,β-unsaturated/α-hetero) is 2. The van der Waals surface area contributed by atoms with E-state index in [0.29, 0.717) is 11.1 Å². The molecule has 6 rings (SSSR count). The molecule has 2 unspecified atom stereocenters. The number of halogens is 4. The van der Waals surface area contributed by atoms with Gasteiger partial charge < -0.3 is 11.7 Å². The molecule has 2 aliphatic rings. The van der Waals surface area contributed by atoms with Gasteiger partial charge in [-0.2, -0.15) is 27.0 Å². The van der Waals surface area contributed by atoms with Crippen molar-refractivity contribution in [2.75, 3.05) is 0 Å². The first-order valence-electron chi connectivity index (χ1n) is 14.2. The van der Waals surface area contributed by atoms with Gasteiger partial charge >= 0.3 is 0 Å². The Hall–Kier alpha value is -3.10. The fourth-order valence-electron chi connectivity index (χ4n) is 6.82. The molecule has 18 heteroatoms. The molecule has 0 heterocycles. The van der Waals surface area contributed by atoms with Crippen molar-refractivity contribution in [3.8, 4) is 11.1 Å². The van der Waals surface area contributed by atoms with Crippen molar-refractivity contribution in [1.29, 1.82) is 0 Å². The first kappa shape index (κ1) is 36.7. The zero-order valence-electron chi connectivity index (χ0n) is 25.1. The van der Waals surface area contributed by atoms with Gasteiger partial charge in [0.1, 0.15) is 11.4 Å². The maximum absolute atomic E-state index is 13.4. The molecule has 0 fully saturated rings. The summed E-state index contributed by atoms with van der Waals surface area (Å²) in [5.41, 5.74) is 0.692. The van der Waals surface area contributed by atoms with Gasteiger partial charge in [-0.25, -0.2) is 0 Å². The standard InChI is InChI=1S/C32H22Br4N4O8S2/c33-21-9-15(10-22(34)27(21)31(49(43,44)45)13-25(39-37)29(41)17-5-1-3-7-19(17)31)16-11-23(35)28(24(36)12-16)32(50(46,47)48)14-26(40-38)30(42)18-6-2-4-8-20(18)32/h1-12H,13-14,37-38H2,(H,43,44,45)(H,46,47,48). The van der Waals surface area contributed by atoms with Gasteiger partial charge in [-0.1, -0.05) is 112 Å². The molecule has 0 bridgehead atoms. The van der Waals surface area contributed by atoms with Gasteiger partial charge in [0.25, 0.3) is 20.2 Å². The molecule has 50 heavy (non-hydrogen) atoms. The lowest BCUT2D eigenvalue weighted by molar-refractivity contribution is 0.105. The Kier molecular flexibility index (Phi) is 9.42. The van der Waals surface area contributed by atoms with Gasteiger partial charge in [0.15, 0.2) is 9.49 Å². The van der Waals surface area contributed by atoms with Crippen LogP contribution in [0, 0.1) is 0 Å². The van der Waals surface area contributed by atoms with Crippen molar-refractivity contribution in [2.24, 2.45) is 21.9 Å².